The van der Waals surface area contributed by atoms with E-state index < -0.39 is 32.5 Å². The number of unbranched alkanes of at least 4 members (excludes halogenated alkanes) is 2. The van der Waals surface area contributed by atoms with E-state index in [-0.39, 0.29) is 17.6 Å². The highest BCUT2D eigenvalue weighted by molar-refractivity contribution is 6.99. The van der Waals surface area contributed by atoms with Crippen molar-refractivity contribution in [1.82, 2.24) is 0 Å². The highest BCUT2D eigenvalue weighted by atomic mass is 28.4. The Morgan fingerprint density at radius 1 is 0.912 bits per heavy atom. The van der Waals surface area contributed by atoms with E-state index in [1.807, 2.05) is 43.3 Å². The predicted molar refractivity (Wildman–Crippen MR) is 130 cm³/mol. The number of aliphatic carboxylic acids is 1. The second-order valence-electron chi connectivity index (χ2n) is 9.85. The van der Waals surface area contributed by atoms with Crippen molar-refractivity contribution in [1.29, 1.82) is 0 Å². The second-order valence-corrected chi connectivity index (χ2v) is 14.1. The summed E-state index contributed by atoms with van der Waals surface area (Å²) in [6, 6.07) is 20.4. The maximum absolute atomic E-state index is 13.0. The minimum absolute atomic E-state index is 0.0474. The highest BCUT2D eigenvalue weighted by Gasteiger charge is 2.59. The molecule has 0 amide bonds. The largest absolute Gasteiger partial charge is 0.479 e. The van der Waals surface area contributed by atoms with Crippen LogP contribution in [0.25, 0.3) is 0 Å². The van der Waals surface area contributed by atoms with Gasteiger partial charge < -0.3 is 14.6 Å². The number of hydrogen-bond acceptors (Lipinski definition) is 3. The van der Waals surface area contributed by atoms with Gasteiger partial charge in [0.15, 0.2) is 0 Å². The molecule has 0 aliphatic carbocycles. The molecule has 0 aliphatic heterocycles. The van der Waals surface area contributed by atoms with Crippen molar-refractivity contribution in [2.45, 2.75) is 82.7 Å². The highest BCUT2D eigenvalue weighted by Crippen LogP contribution is 2.38. The zero-order valence-electron chi connectivity index (χ0n) is 20.2. The third-order valence-electron chi connectivity index (χ3n) is 6.27. The summed E-state index contributed by atoms with van der Waals surface area (Å²) >= 11 is 0. The van der Waals surface area contributed by atoms with E-state index >= 15 is 0 Å². The molecular formula is C26H35F3O4Si. The Hall–Kier alpha value is -2.16. The summed E-state index contributed by atoms with van der Waals surface area (Å²) in [4.78, 5) is 11.0. The van der Waals surface area contributed by atoms with Crippen LogP contribution < -0.4 is 10.4 Å². The molecule has 34 heavy (non-hydrogen) atoms. The molecule has 2 rings (SSSR count). The molecule has 188 valence electrons. The van der Waals surface area contributed by atoms with Gasteiger partial charge in [0.05, 0.1) is 0 Å². The lowest BCUT2D eigenvalue weighted by atomic mass is 9.95. The molecular weight excluding hydrogens is 461 g/mol. The van der Waals surface area contributed by atoms with Crippen LogP contribution in [0.3, 0.4) is 0 Å². The number of carboxylic acid groups (broad SMARTS) is 1. The van der Waals surface area contributed by atoms with Crippen molar-refractivity contribution in [2.75, 3.05) is 0 Å². The molecule has 0 unspecified atom stereocenters. The first-order valence-corrected chi connectivity index (χ1v) is 13.5. The zero-order chi connectivity index (χ0) is 25.6. The van der Waals surface area contributed by atoms with E-state index in [2.05, 4.69) is 45.0 Å². The number of halogens is 3. The van der Waals surface area contributed by atoms with Crippen LogP contribution in [0.15, 0.2) is 60.7 Å². The van der Waals surface area contributed by atoms with Gasteiger partial charge in [-0.2, -0.15) is 13.2 Å². The van der Waals surface area contributed by atoms with Crippen molar-refractivity contribution in [2.24, 2.45) is 0 Å². The van der Waals surface area contributed by atoms with Crippen LogP contribution in [-0.2, 0) is 9.22 Å². The Kier molecular flexibility index (Phi) is 9.13. The van der Waals surface area contributed by atoms with Crippen LogP contribution in [0.5, 0.6) is 0 Å². The van der Waals surface area contributed by atoms with Gasteiger partial charge in [0.2, 0.25) is 0 Å². The Bertz CT molecular complexity index is 874. The van der Waals surface area contributed by atoms with Crippen LogP contribution in [-0.4, -0.2) is 42.4 Å². The summed E-state index contributed by atoms with van der Waals surface area (Å²) in [6.07, 6.45) is -4.75. The van der Waals surface area contributed by atoms with Gasteiger partial charge in [0.25, 0.3) is 13.9 Å². The van der Waals surface area contributed by atoms with Crippen molar-refractivity contribution in [3.8, 4) is 0 Å². The molecule has 0 aromatic heterocycles. The SMILES string of the molecule is C[C@@H](CCCCC[C@@](O)(C(=O)O)C(F)(F)F)O[Si](c1ccccc1)(c1ccccc1)C(C)(C)C. The summed E-state index contributed by atoms with van der Waals surface area (Å²) in [5.74, 6) is -2.26. The first kappa shape index (κ1) is 28.1. The van der Waals surface area contributed by atoms with Gasteiger partial charge >= 0.3 is 12.1 Å². The van der Waals surface area contributed by atoms with Gasteiger partial charge in [-0.05, 0) is 41.6 Å². The molecule has 0 radical (unpaired) electrons. The molecule has 4 nitrogen and oxygen atoms in total. The van der Waals surface area contributed by atoms with Crippen molar-refractivity contribution in [3.05, 3.63) is 60.7 Å². The van der Waals surface area contributed by atoms with Gasteiger partial charge in [0, 0.05) is 6.10 Å². The van der Waals surface area contributed by atoms with Crippen LogP contribution >= 0.6 is 0 Å². The third kappa shape index (κ3) is 6.09. The number of carbonyl (C=O) groups is 1. The molecule has 0 saturated carbocycles. The number of carboxylic acids is 1. The smallest absolute Gasteiger partial charge is 0.428 e. The van der Waals surface area contributed by atoms with Crippen LogP contribution in [0, 0.1) is 0 Å². The minimum atomic E-state index is -5.21. The van der Waals surface area contributed by atoms with Crippen LogP contribution in [0.2, 0.25) is 5.04 Å². The Morgan fingerprint density at radius 3 is 1.76 bits per heavy atom. The molecule has 0 fully saturated rings. The summed E-state index contributed by atoms with van der Waals surface area (Å²) < 4.78 is 45.8. The Labute approximate surface area is 200 Å². The Balaban J connectivity index is 2.14. The van der Waals surface area contributed by atoms with Crippen LogP contribution in [0.4, 0.5) is 13.2 Å². The van der Waals surface area contributed by atoms with E-state index in [1.54, 1.807) is 0 Å². The molecule has 2 N–H and O–H groups in total. The minimum Gasteiger partial charge on any atom is -0.479 e. The van der Waals surface area contributed by atoms with E-state index in [9.17, 15) is 23.1 Å². The second kappa shape index (κ2) is 11.1. The zero-order valence-corrected chi connectivity index (χ0v) is 21.2. The molecule has 8 heteroatoms. The third-order valence-corrected chi connectivity index (χ3v) is 11.4. The summed E-state index contributed by atoms with van der Waals surface area (Å²) in [7, 11) is -2.72. The first-order chi connectivity index (χ1) is 15.8. The fourth-order valence-electron chi connectivity index (χ4n) is 4.41. The number of benzene rings is 2. The summed E-state index contributed by atoms with van der Waals surface area (Å²) in [5, 5.41) is 20.5. The molecule has 0 aliphatic rings. The number of hydrogen-bond donors (Lipinski definition) is 2. The lowest BCUT2D eigenvalue weighted by Crippen LogP contribution is -2.67. The van der Waals surface area contributed by atoms with Gasteiger partial charge in [-0.15, -0.1) is 0 Å². The van der Waals surface area contributed by atoms with E-state index in [4.69, 9.17) is 9.53 Å². The van der Waals surface area contributed by atoms with E-state index in [0.29, 0.717) is 19.3 Å². The van der Waals surface area contributed by atoms with Gasteiger partial charge in [0.1, 0.15) is 0 Å². The van der Waals surface area contributed by atoms with Crippen molar-refractivity contribution in [3.63, 3.8) is 0 Å². The van der Waals surface area contributed by atoms with Gasteiger partial charge in [-0.1, -0.05) is 94.3 Å². The maximum Gasteiger partial charge on any atom is 0.428 e. The molecule has 0 heterocycles. The number of aliphatic hydroxyl groups is 1. The maximum atomic E-state index is 13.0. The lowest BCUT2D eigenvalue weighted by Gasteiger charge is -2.44. The normalized spacial score (nSPS) is 15.5. The quantitative estimate of drug-likeness (QED) is 0.328. The van der Waals surface area contributed by atoms with Gasteiger partial charge in [-0.25, -0.2) is 4.79 Å². The summed E-state index contributed by atoms with van der Waals surface area (Å²) in [6.45, 7) is 8.50. The molecule has 2 atom stereocenters. The molecule has 0 bridgehead atoms. The van der Waals surface area contributed by atoms with E-state index in [1.165, 1.54) is 0 Å². The fraction of sp³-hybridized carbons (Fsp3) is 0.500. The average molecular weight is 497 g/mol. The predicted octanol–water partition coefficient (Wildman–Crippen LogP) is 5.28. The summed E-state index contributed by atoms with van der Waals surface area (Å²) in [5.41, 5.74) is -3.70. The molecule has 2 aromatic rings. The first-order valence-electron chi connectivity index (χ1n) is 11.6. The topological polar surface area (TPSA) is 66.8 Å². The Morgan fingerprint density at radius 2 is 1.38 bits per heavy atom. The van der Waals surface area contributed by atoms with Crippen LogP contribution in [0.1, 0.15) is 59.8 Å². The molecule has 0 saturated heterocycles. The van der Waals surface area contributed by atoms with Crippen molar-refractivity contribution >= 4 is 24.7 Å². The molecule has 2 aromatic carbocycles. The van der Waals surface area contributed by atoms with E-state index in [0.717, 1.165) is 10.4 Å². The number of rotatable bonds is 11. The average Bonchev–Trinajstić information content (AvgIpc) is 2.76. The van der Waals surface area contributed by atoms with Gasteiger partial charge in [-0.3, -0.25) is 0 Å². The fourth-order valence-corrected chi connectivity index (χ4v) is 9.15. The molecule has 0 spiro atoms. The lowest BCUT2D eigenvalue weighted by molar-refractivity contribution is -0.262. The standard InChI is InChI=1S/C26H35F3O4Si/c1-20(14-8-7-13-19-25(32,23(30)31)26(27,28)29)33-34(24(2,3)4,21-15-9-5-10-16-21)22-17-11-6-12-18-22/h5-6,9-12,15-18,20,32H,7-8,13-14,19H2,1-4H3,(H,30,31)/t20-,25+/m0/s1. The number of alkyl halides is 3. The monoisotopic (exact) mass is 496 g/mol. The van der Waals surface area contributed by atoms with Crippen molar-refractivity contribution < 1.29 is 32.6 Å².